The van der Waals surface area contributed by atoms with Crippen LogP contribution in [0, 0.1) is 5.92 Å². The third kappa shape index (κ3) is 12.2. The molecular formula is C22H40N2O4. The molecular weight excluding hydrogens is 356 g/mol. The van der Waals surface area contributed by atoms with Gasteiger partial charge < -0.3 is 19.7 Å². The number of benzene rings is 1. The number of para-hydroxylation sites is 1. The van der Waals surface area contributed by atoms with E-state index in [1.807, 2.05) is 45.9 Å². The number of anilines is 1. The first-order valence-electron chi connectivity index (χ1n) is 10.2. The van der Waals surface area contributed by atoms with E-state index >= 15 is 0 Å². The molecule has 1 aromatic carbocycles. The molecule has 6 heteroatoms. The van der Waals surface area contributed by atoms with Gasteiger partial charge in [-0.2, -0.15) is 0 Å². The number of amides is 1. The van der Waals surface area contributed by atoms with Gasteiger partial charge in [-0.1, -0.05) is 53.7 Å². The van der Waals surface area contributed by atoms with Gasteiger partial charge in [0.2, 0.25) is 6.41 Å². The minimum atomic E-state index is -0.271. The van der Waals surface area contributed by atoms with Crippen molar-refractivity contribution in [3.8, 4) is 5.75 Å². The van der Waals surface area contributed by atoms with Gasteiger partial charge in [-0.15, -0.1) is 0 Å². The molecule has 0 spiro atoms. The van der Waals surface area contributed by atoms with Crippen LogP contribution in [0.2, 0.25) is 0 Å². The molecule has 1 aromatic rings. The number of carbonyl (C=O) groups is 2. The van der Waals surface area contributed by atoms with Crippen LogP contribution in [0.1, 0.15) is 59.9 Å². The summed E-state index contributed by atoms with van der Waals surface area (Å²) in [6.07, 6.45) is 2.00. The number of hydrogen-bond acceptors (Lipinski definition) is 5. The van der Waals surface area contributed by atoms with E-state index in [1.165, 1.54) is 7.11 Å². The van der Waals surface area contributed by atoms with Gasteiger partial charge in [0.1, 0.15) is 5.75 Å². The summed E-state index contributed by atoms with van der Waals surface area (Å²) >= 11 is 0. The summed E-state index contributed by atoms with van der Waals surface area (Å²) in [5.41, 5.74) is 1.76. The van der Waals surface area contributed by atoms with Crippen molar-refractivity contribution in [2.45, 2.75) is 60.9 Å². The van der Waals surface area contributed by atoms with Gasteiger partial charge in [0.15, 0.2) is 0 Å². The quantitative estimate of drug-likeness (QED) is 0.433. The molecule has 0 fully saturated rings. The Morgan fingerprint density at radius 3 is 2.39 bits per heavy atom. The fourth-order valence-corrected chi connectivity index (χ4v) is 2.13. The van der Waals surface area contributed by atoms with Crippen molar-refractivity contribution in [2.24, 2.45) is 5.92 Å². The van der Waals surface area contributed by atoms with Crippen LogP contribution in [-0.2, 0) is 20.9 Å². The Kier molecular flexibility index (Phi) is 18.1. The minimum Gasteiger partial charge on any atom is -0.491 e. The molecule has 0 aliphatic rings. The number of nitrogens with one attached hydrogen (secondary N) is 1. The number of ether oxygens (including phenoxy) is 2. The number of esters is 1. The van der Waals surface area contributed by atoms with E-state index in [2.05, 4.69) is 23.9 Å². The van der Waals surface area contributed by atoms with E-state index in [-0.39, 0.29) is 12.4 Å². The number of nitrogens with zero attached hydrogens (tertiary/aromatic N) is 1. The van der Waals surface area contributed by atoms with Crippen molar-refractivity contribution >= 4 is 18.1 Å². The molecule has 0 saturated carbocycles. The first-order valence-corrected chi connectivity index (χ1v) is 10.2. The first-order chi connectivity index (χ1) is 13.5. The van der Waals surface area contributed by atoms with Crippen molar-refractivity contribution in [1.29, 1.82) is 0 Å². The SMILES string of the molecule is CC.CC.COC(=O)CCNc1c(CN(C)C=O)cccc1OCCC(C)C. The largest absolute Gasteiger partial charge is 0.491 e. The number of hydrogen-bond donors (Lipinski definition) is 1. The molecule has 1 rings (SSSR count). The standard InChI is InChI=1S/C18H28N2O4.2C2H6/c1-14(2)9-11-24-16-7-5-6-15(12-20(3)13-21)18(16)19-10-8-17(22)23-4;2*1-2/h5-7,13-14,19H,8-12H2,1-4H3;2*1-2H3. The summed E-state index contributed by atoms with van der Waals surface area (Å²) in [6, 6.07) is 5.74. The summed E-state index contributed by atoms with van der Waals surface area (Å²) in [4.78, 5) is 23.8. The van der Waals surface area contributed by atoms with Gasteiger partial charge in [-0.3, -0.25) is 9.59 Å². The summed E-state index contributed by atoms with van der Waals surface area (Å²) in [5.74, 6) is 1.02. The Morgan fingerprint density at radius 2 is 1.86 bits per heavy atom. The summed E-state index contributed by atoms with van der Waals surface area (Å²) in [6.45, 7) is 13.8. The second kappa shape index (κ2) is 18.1. The molecule has 0 saturated heterocycles. The topological polar surface area (TPSA) is 67.9 Å². The maximum Gasteiger partial charge on any atom is 0.307 e. The van der Waals surface area contributed by atoms with Crippen molar-refractivity contribution < 1.29 is 19.1 Å². The Hall–Kier alpha value is -2.24. The lowest BCUT2D eigenvalue weighted by molar-refractivity contribution is -0.140. The van der Waals surface area contributed by atoms with Gasteiger partial charge in [0.25, 0.3) is 0 Å². The van der Waals surface area contributed by atoms with Crippen LogP contribution in [0.15, 0.2) is 18.2 Å². The third-order valence-electron chi connectivity index (χ3n) is 3.52. The van der Waals surface area contributed by atoms with Gasteiger partial charge in [0, 0.05) is 20.1 Å². The zero-order valence-electron chi connectivity index (χ0n) is 19.0. The molecule has 0 unspecified atom stereocenters. The van der Waals surface area contributed by atoms with Crippen LogP contribution in [0.3, 0.4) is 0 Å². The fraction of sp³-hybridized carbons (Fsp3) is 0.636. The van der Waals surface area contributed by atoms with Crippen LogP contribution >= 0.6 is 0 Å². The molecule has 28 heavy (non-hydrogen) atoms. The van der Waals surface area contributed by atoms with E-state index < -0.39 is 0 Å². The lowest BCUT2D eigenvalue weighted by atomic mass is 10.1. The third-order valence-corrected chi connectivity index (χ3v) is 3.52. The Labute approximate surface area is 171 Å². The predicted octanol–water partition coefficient (Wildman–Crippen LogP) is 4.73. The maximum absolute atomic E-state index is 11.3. The molecule has 0 bridgehead atoms. The normalized spacial score (nSPS) is 9.32. The zero-order valence-corrected chi connectivity index (χ0v) is 19.0. The van der Waals surface area contributed by atoms with Crippen LogP contribution in [0.4, 0.5) is 5.69 Å². The average Bonchev–Trinajstić information content (AvgIpc) is 2.72. The van der Waals surface area contributed by atoms with Crippen molar-refractivity contribution in [1.82, 2.24) is 4.90 Å². The van der Waals surface area contributed by atoms with E-state index in [9.17, 15) is 9.59 Å². The van der Waals surface area contributed by atoms with Gasteiger partial charge >= 0.3 is 5.97 Å². The lowest BCUT2D eigenvalue weighted by Crippen LogP contribution is -2.18. The predicted molar refractivity (Wildman–Crippen MR) is 117 cm³/mol. The molecule has 0 aliphatic carbocycles. The Balaban J connectivity index is 0. The highest BCUT2D eigenvalue weighted by atomic mass is 16.5. The van der Waals surface area contributed by atoms with Crippen LogP contribution in [0.25, 0.3) is 0 Å². The van der Waals surface area contributed by atoms with Crippen molar-refractivity contribution in [3.05, 3.63) is 23.8 Å². The first kappa shape index (κ1) is 28.0. The van der Waals surface area contributed by atoms with E-state index in [0.717, 1.165) is 29.8 Å². The number of rotatable bonds is 11. The van der Waals surface area contributed by atoms with Gasteiger partial charge in [-0.05, 0) is 24.0 Å². The minimum absolute atomic E-state index is 0.264. The fourth-order valence-electron chi connectivity index (χ4n) is 2.13. The molecule has 0 aliphatic heterocycles. The smallest absolute Gasteiger partial charge is 0.307 e. The second-order valence-electron chi connectivity index (χ2n) is 6.09. The van der Waals surface area contributed by atoms with Crippen molar-refractivity contribution in [3.63, 3.8) is 0 Å². The molecule has 0 aromatic heterocycles. The molecule has 0 heterocycles. The molecule has 6 nitrogen and oxygen atoms in total. The van der Waals surface area contributed by atoms with Crippen molar-refractivity contribution in [2.75, 3.05) is 32.6 Å². The Morgan fingerprint density at radius 1 is 1.21 bits per heavy atom. The summed E-state index contributed by atoms with van der Waals surface area (Å²) in [5, 5.41) is 3.25. The highest BCUT2D eigenvalue weighted by Gasteiger charge is 2.12. The molecule has 162 valence electrons. The average molecular weight is 397 g/mol. The lowest BCUT2D eigenvalue weighted by Gasteiger charge is -2.19. The van der Waals surface area contributed by atoms with Crippen LogP contribution in [-0.4, -0.2) is 44.6 Å². The number of carbonyl (C=O) groups excluding carboxylic acids is 2. The van der Waals surface area contributed by atoms with E-state index in [1.54, 1.807) is 11.9 Å². The van der Waals surface area contributed by atoms with Gasteiger partial charge in [-0.25, -0.2) is 0 Å². The zero-order chi connectivity index (χ0) is 21.9. The number of methoxy groups -OCH3 is 1. The summed E-state index contributed by atoms with van der Waals surface area (Å²) < 4.78 is 10.6. The van der Waals surface area contributed by atoms with E-state index in [4.69, 9.17) is 4.74 Å². The van der Waals surface area contributed by atoms with Crippen LogP contribution < -0.4 is 10.1 Å². The molecule has 0 atom stereocenters. The molecule has 1 N–H and O–H groups in total. The highest BCUT2D eigenvalue weighted by molar-refractivity contribution is 5.70. The van der Waals surface area contributed by atoms with E-state index in [0.29, 0.717) is 25.6 Å². The monoisotopic (exact) mass is 396 g/mol. The molecule has 1 amide bonds. The highest BCUT2D eigenvalue weighted by Crippen LogP contribution is 2.29. The van der Waals surface area contributed by atoms with Gasteiger partial charge in [0.05, 0.1) is 25.8 Å². The Bertz CT molecular complexity index is 533. The van der Waals surface area contributed by atoms with Crippen LogP contribution in [0.5, 0.6) is 5.75 Å². The maximum atomic E-state index is 11.3. The molecule has 0 radical (unpaired) electrons. The summed E-state index contributed by atoms with van der Waals surface area (Å²) in [7, 11) is 3.09. The second-order valence-corrected chi connectivity index (χ2v) is 6.09.